The van der Waals surface area contributed by atoms with Crippen LogP contribution in [0, 0.1) is 0 Å². The van der Waals surface area contributed by atoms with Gasteiger partial charge in [0.25, 0.3) is 0 Å². The Hall–Kier alpha value is -0.0900. The zero-order chi connectivity index (χ0) is 12.5. The van der Waals surface area contributed by atoms with E-state index in [1.807, 2.05) is 4.90 Å². The van der Waals surface area contributed by atoms with Crippen LogP contribution in [0.4, 0.5) is 0 Å². The van der Waals surface area contributed by atoms with E-state index in [9.17, 15) is 8.42 Å². The summed E-state index contributed by atoms with van der Waals surface area (Å²) in [7, 11) is -3.02. The third kappa shape index (κ3) is 3.47. The molecule has 0 bridgehead atoms. The van der Waals surface area contributed by atoms with Crippen molar-refractivity contribution in [2.24, 2.45) is 10.7 Å². The molecular formula is C10H20IN3O3S. The molecule has 1 aliphatic heterocycles. The Morgan fingerprint density at radius 3 is 2.39 bits per heavy atom. The number of rotatable bonds is 3. The summed E-state index contributed by atoms with van der Waals surface area (Å²) in [4.78, 5) is 6.17. The number of halogens is 1. The van der Waals surface area contributed by atoms with E-state index in [0.29, 0.717) is 32.0 Å². The van der Waals surface area contributed by atoms with Crippen molar-refractivity contribution in [3.8, 4) is 0 Å². The maximum atomic E-state index is 11.6. The highest BCUT2D eigenvalue weighted by molar-refractivity contribution is 14.0. The van der Waals surface area contributed by atoms with Gasteiger partial charge in [-0.2, -0.15) is 0 Å². The van der Waals surface area contributed by atoms with Crippen molar-refractivity contribution in [2.45, 2.75) is 17.6 Å². The van der Waals surface area contributed by atoms with Gasteiger partial charge in [0.1, 0.15) is 0 Å². The number of hydrogen-bond donors (Lipinski definition) is 1. The Balaban J connectivity index is 0.00000162. The highest BCUT2D eigenvalue weighted by Gasteiger charge is 2.52. The molecule has 1 saturated carbocycles. The molecule has 0 aromatic rings. The lowest BCUT2D eigenvalue weighted by Gasteiger charge is -2.27. The molecular weight excluding hydrogens is 369 g/mol. The van der Waals surface area contributed by atoms with Crippen LogP contribution < -0.4 is 5.73 Å². The summed E-state index contributed by atoms with van der Waals surface area (Å²) in [6.07, 6.45) is 2.68. The minimum atomic E-state index is -3.02. The van der Waals surface area contributed by atoms with Gasteiger partial charge < -0.3 is 15.4 Å². The van der Waals surface area contributed by atoms with Crippen LogP contribution >= 0.6 is 24.0 Å². The molecule has 0 radical (unpaired) electrons. The van der Waals surface area contributed by atoms with Crippen molar-refractivity contribution >= 4 is 39.8 Å². The maximum Gasteiger partial charge on any atom is 0.191 e. The lowest BCUT2D eigenvalue weighted by molar-refractivity contribution is 0.0674. The Kier molecular flexibility index (Phi) is 5.24. The van der Waals surface area contributed by atoms with Gasteiger partial charge in [0, 0.05) is 19.3 Å². The molecule has 0 amide bonds. The molecule has 2 aliphatic rings. The van der Waals surface area contributed by atoms with Crippen molar-refractivity contribution < 1.29 is 13.2 Å². The van der Waals surface area contributed by atoms with Crippen molar-refractivity contribution in [2.75, 3.05) is 39.1 Å². The first-order valence-electron chi connectivity index (χ1n) is 5.77. The van der Waals surface area contributed by atoms with Gasteiger partial charge in [-0.15, -0.1) is 24.0 Å². The number of sulfone groups is 1. The van der Waals surface area contributed by atoms with Crippen LogP contribution in [-0.4, -0.2) is 63.1 Å². The molecule has 0 spiro atoms. The number of nitrogens with zero attached hydrogens (tertiary/aromatic N) is 2. The first-order chi connectivity index (χ1) is 7.95. The van der Waals surface area contributed by atoms with E-state index in [-0.39, 0.29) is 30.5 Å². The Labute approximate surface area is 125 Å². The largest absolute Gasteiger partial charge is 0.378 e. The van der Waals surface area contributed by atoms with Gasteiger partial charge >= 0.3 is 0 Å². The number of aliphatic imine (C=N–C) groups is 1. The summed E-state index contributed by atoms with van der Waals surface area (Å²) in [5.41, 5.74) is 5.85. The fourth-order valence-electron chi connectivity index (χ4n) is 1.90. The van der Waals surface area contributed by atoms with E-state index in [1.54, 1.807) is 0 Å². The van der Waals surface area contributed by atoms with E-state index in [0.717, 1.165) is 13.1 Å². The quantitative estimate of drug-likeness (QED) is 0.412. The summed E-state index contributed by atoms with van der Waals surface area (Å²) >= 11 is 0. The highest BCUT2D eigenvalue weighted by Crippen LogP contribution is 2.43. The predicted octanol–water partition coefficient (Wildman–Crippen LogP) is -0.171. The molecule has 1 aliphatic carbocycles. The van der Waals surface area contributed by atoms with Crippen LogP contribution in [0.25, 0.3) is 0 Å². The van der Waals surface area contributed by atoms with Gasteiger partial charge in [-0.1, -0.05) is 0 Å². The van der Waals surface area contributed by atoms with Crippen LogP contribution in [0.2, 0.25) is 0 Å². The average Bonchev–Trinajstić information content (AvgIpc) is 3.07. The van der Waals surface area contributed by atoms with E-state index in [2.05, 4.69) is 4.99 Å². The molecule has 0 atom stereocenters. The van der Waals surface area contributed by atoms with Gasteiger partial charge in [0.15, 0.2) is 15.8 Å². The molecule has 2 fully saturated rings. The summed E-state index contributed by atoms with van der Waals surface area (Å²) in [5, 5.41) is 0. The van der Waals surface area contributed by atoms with Crippen LogP contribution in [-0.2, 0) is 14.6 Å². The van der Waals surface area contributed by atoms with Gasteiger partial charge in [0.2, 0.25) is 0 Å². The van der Waals surface area contributed by atoms with Crippen LogP contribution in [0.15, 0.2) is 4.99 Å². The highest BCUT2D eigenvalue weighted by atomic mass is 127. The van der Waals surface area contributed by atoms with E-state index in [1.165, 1.54) is 6.26 Å². The van der Waals surface area contributed by atoms with Crippen LogP contribution in [0.5, 0.6) is 0 Å². The molecule has 0 aromatic heterocycles. The Morgan fingerprint density at radius 1 is 1.39 bits per heavy atom. The SMILES string of the molecule is CS(=O)(=O)C1(CN=C(N)N2CCOCC2)CC1.I. The monoisotopic (exact) mass is 389 g/mol. The molecule has 18 heavy (non-hydrogen) atoms. The van der Waals surface area contributed by atoms with E-state index in [4.69, 9.17) is 10.5 Å². The fourth-order valence-corrected chi connectivity index (χ4v) is 3.05. The topological polar surface area (TPSA) is 85.0 Å². The first-order valence-corrected chi connectivity index (χ1v) is 7.66. The third-order valence-electron chi connectivity index (χ3n) is 3.46. The zero-order valence-corrected chi connectivity index (χ0v) is 13.6. The zero-order valence-electron chi connectivity index (χ0n) is 10.5. The number of morpholine rings is 1. The van der Waals surface area contributed by atoms with E-state index >= 15 is 0 Å². The first kappa shape index (κ1) is 16.0. The second-order valence-corrected chi connectivity index (χ2v) is 7.14. The van der Waals surface area contributed by atoms with Crippen molar-refractivity contribution in [3.05, 3.63) is 0 Å². The summed E-state index contributed by atoms with van der Waals surface area (Å²) in [6.45, 7) is 3.03. The lowest BCUT2D eigenvalue weighted by atomic mass is 10.4. The van der Waals surface area contributed by atoms with Crippen LogP contribution in [0.3, 0.4) is 0 Å². The van der Waals surface area contributed by atoms with E-state index < -0.39 is 14.6 Å². The smallest absolute Gasteiger partial charge is 0.191 e. The van der Waals surface area contributed by atoms with Gasteiger partial charge in [-0.3, -0.25) is 4.99 Å². The average molecular weight is 389 g/mol. The second kappa shape index (κ2) is 5.91. The lowest BCUT2D eigenvalue weighted by Crippen LogP contribution is -2.45. The molecule has 2 rings (SSSR count). The number of nitrogens with two attached hydrogens (primary N) is 1. The number of hydrogen-bond acceptors (Lipinski definition) is 4. The van der Waals surface area contributed by atoms with Gasteiger partial charge in [-0.05, 0) is 12.8 Å². The molecule has 0 unspecified atom stereocenters. The normalized spacial score (nSPS) is 23.4. The maximum absolute atomic E-state index is 11.6. The summed E-state index contributed by atoms with van der Waals surface area (Å²) in [5.74, 6) is 0.434. The van der Waals surface area contributed by atoms with Crippen LogP contribution in [0.1, 0.15) is 12.8 Å². The minimum Gasteiger partial charge on any atom is -0.378 e. The summed E-state index contributed by atoms with van der Waals surface area (Å²) < 4.78 is 27.7. The minimum absolute atomic E-state index is 0. The molecule has 106 valence electrons. The Bertz CT molecular complexity index is 414. The van der Waals surface area contributed by atoms with Crippen molar-refractivity contribution in [1.29, 1.82) is 0 Å². The number of guanidine groups is 1. The van der Waals surface area contributed by atoms with Crippen molar-refractivity contribution in [1.82, 2.24) is 4.90 Å². The third-order valence-corrected chi connectivity index (χ3v) is 5.57. The summed E-state index contributed by atoms with van der Waals surface area (Å²) in [6, 6.07) is 0. The standard InChI is InChI=1S/C10H19N3O3S.HI/c1-17(14,15)10(2-3-10)8-12-9(11)13-4-6-16-7-5-13;/h2-8H2,1H3,(H2,11,12);1H. The molecule has 6 nitrogen and oxygen atoms in total. The molecule has 1 saturated heterocycles. The fraction of sp³-hybridized carbons (Fsp3) is 0.900. The Morgan fingerprint density at radius 2 is 1.94 bits per heavy atom. The molecule has 0 aromatic carbocycles. The molecule has 1 heterocycles. The molecule has 8 heteroatoms. The number of ether oxygens (including phenoxy) is 1. The van der Waals surface area contributed by atoms with Gasteiger partial charge in [0.05, 0.1) is 24.5 Å². The van der Waals surface area contributed by atoms with Crippen molar-refractivity contribution in [3.63, 3.8) is 0 Å². The predicted molar refractivity (Wildman–Crippen MR) is 81.1 cm³/mol. The second-order valence-electron chi connectivity index (χ2n) is 4.73. The van der Waals surface area contributed by atoms with Gasteiger partial charge in [-0.25, -0.2) is 8.42 Å². The molecule has 2 N–H and O–H groups in total.